The number of carbonyl (C=O) groups is 1. The molecule has 174 valence electrons. The number of ether oxygens (including phenoxy) is 1. The van der Waals surface area contributed by atoms with Gasteiger partial charge >= 0.3 is 6.36 Å². The molecule has 0 radical (unpaired) electrons. The lowest BCUT2D eigenvalue weighted by molar-refractivity contribution is -0.274. The van der Waals surface area contributed by atoms with E-state index in [1.54, 1.807) is 24.3 Å². The number of aromatic nitrogens is 1. The smallest absolute Gasteiger partial charge is 0.506 e. The van der Waals surface area contributed by atoms with E-state index in [0.29, 0.717) is 10.9 Å². The summed E-state index contributed by atoms with van der Waals surface area (Å²) in [6, 6.07) is 12.4. The lowest BCUT2D eigenvalue weighted by Crippen LogP contribution is -2.42. The van der Waals surface area contributed by atoms with Crippen LogP contribution in [0.1, 0.15) is 23.3 Å². The van der Waals surface area contributed by atoms with Gasteiger partial charge in [0.25, 0.3) is 5.91 Å². The third kappa shape index (κ3) is 4.87. The van der Waals surface area contributed by atoms with E-state index in [-0.39, 0.29) is 42.3 Å². The molecule has 3 aromatic rings. The molecular formula is C22H19F3N2O5S. The van der Waals surface area contributed by atoms with Gasteiger partial charge in [-0.05, 0) is 43.2 Å². The molecule has 2 heterocycles. The molecule has 1 fully saturated rings. The van der Waals surface area contributed by atoms with Crippen LogP contribution >= 0.6 is 0 Å². The Morgan fingerprint density at radius 2 is 1.76 bits per heavy atom. The minimum atomic E-state index is -4.93. The fourth-order valence-corrected chi connectivity index (χ4v) is 5.59. The van der Waals surface area contributed by atoms with Crippen molar-refractivity contribution in [1.82, 2.24) is 9.88 Å². The van der Waals surface area contributed by atoms with Gasteiger partial charge < -0.3 is 14.7 Å². The molecule has 0 spiro atoms. The normalized spacial score (nSPS) is 15.5. The van der Waals surface area contributed by atoms with Gasteiger partial charge in [0.2, 0.25) is 0 Å². The largest absolute Gasteiger partial charge is 0.573 e. The summed E-state index contributed by atoms with van der Waals surface area (Å²) in [6.07, 6.45) is -4.68. The van der Waals surface area contributed by atoms with Crippen LogP contribution in [-0.4, -0.2) is 54.0 Å². The van der Waals surface area contributed by atoms with Gasteiger partial charge in [0.15, 0.2) is 9.84 Å². The van der Waals surface area contributed by atoms with Crippen molar-refractivity contribution in [2.75, 3.05) is 13.1 Å². The average molecular weight is 480 g/mol. The number of hydrogen-bond donors (Lipinski definition) is 1. The second-order valence-electron chi connectivity index (χ2n) is 7.60. The molecule has 1 N–H and O–H groups in total. The van der Waals surface area contributed by atoms with Crippen LogP contribution in [0.2, 0.25) is 0 Å². The molecule has 33 heavy (non-hydrogen) atoms. The summed E-state index contributed by atoms with van der Waals surface area (Å²) in [4.78, 5) is 18.3. The van der Waals surface area contributed by atoms with Crippen molar-refractivity contribution in [3.05, 3.63) is 60.3 Å². The number of pyridine rings is 1. The maximum atomic E-state index is 13.0. The third-order valence-corrected chi connectivity index (χ3v) is 7.71. The van der Waals surface area contributed by atoms with Crippen molar-refractivity contribution in [3.8, 4) is 11.5 Å². The van der Waals surface area contributed by atoms with Crippen LogP contribution in [0.4, 0.5) is 13.2 Å². The number of benzene rings is 2. The number of nitrogens with zero attached hydrogens (tertiary/aromatic N) is 2. The van der Waals surface area contributed by atoms with Crippen LogP contribution in [-0.2, 0) is 9.84 Å². The zero-order valence-electron chi connectivity index (χ0n) is 17.1. The van der Waals surface area contributed by atoms with Gasteiger partial charge in [-0.3, -0.25) is 4.79 Å². The predicted octanol–water partition coefficient (Wildman–Crippen LogP) is 3.92. The van der Waals surface area contributed by atoms with Crippen molar-refractivity contribution in [3.63, 3.8) is 0 Å². The van der Waals surface area contributed by atoms with Crippen LogP contribution in [0.15, 0.2) is 59.5 Å². The molecule has 0 aliphatic carbocycles. The summed E-state index contributed by atoms with van der Waals surface area (Å²) in [7, 11) is -3.92. The van der Waals surface area contributed by atoms with Gasteiger partial charge in [-0.25, -0.2) is 13.4 Å². The number of halogens is 3. The highest BCUT2D eigenvalue weighted by atomic mass is 32.2. The van der Waals surface area contributed by atoms with Crippen LogP contribution in [0, 0.1) is 0 Å². The van der Waals surface area contributed by atoms with Gasteiger partial charge in [0.05, 0.1) is 10.1 Å². The first-order valence-corrected chi connectivity index (χ1v) is 11.6. The summed E-state index contributed by atoms with van der Waals surface area (Å²) >= 11 is 0. The van der Waals surface area contributed by atoms with Gasteiger partial charge in [0, 0.05) is 18.5 Å². The van der Waals surface area contributed by atoms with E-state index >= 15 is 0 Å². The highest BCUT2D eigenvalue weighted by Crippen LogP contribution is 2.30. The summed E-state index contributed by atoms with van der Waals surface area (Å²) in [5, 5.41) is 9.80. The number of rotatable bonds is 4. The molecule has 1 aromatic heterocycles. The van der Waals surface area contributed by atoms with Gasteiger partial charge in [-0.2, -0.15) is 0 Å². The topological polar surface area (TPSA) is 96.8 Å². The van der Waals surface area contributed by atoms with E-state index in [9.17, 15) is 31.5 Å². The highest BCUT2D eigenvalue weighted by Gasteiger charge is 2.35. The predicted molar refractivity (Wildman–Crippen MR) is 113 cm³/mol. The first kappa shape index (κ1) is 22.8. The van der Waals surface area contributed by atoms with Crippen LogP contribution in [0.3, 0.4) is 0 Å². The molecule has 1 aliphatic heterocycles. The Morgan fingerprint density at radius 3 is 2.45 bits per heavy atom. The number of para-hydroxylation sites is 1. The number of carbonyl (C=O) groups excluding carboxylic acids is 1. The van der Waals surface area contributed by atoms with Crippen molar-refractivity contribution in [1.29, 1.82) is 0 Å². The third-order valence-electron chi connectivity index (χ3n) is 5.45. The van der Waals surface area contributed by atoms with Gasteiger partial charge in [-0.15, -0.1) is 13.2 Å². The van der Waals surface area contributed by atoms with E-state index in [0.717, 1.165) is 12.1 Å². The molecule has 0 unspecified atom stereocenters. The molecule has 11 heteroatoms. The molecule has 0 bridgehead atoms. The van der Waals surface area contributed by atoms with Crippen LogP contribution in [0.25, 0.3) is 10.9 Å². The Bertz CT molecular complexity index is 1300. The van der Waals surface area contributed by atoms with E-state index in [1.807, 2.05) is 0 Å². The minimum Gasteiger partial charge on any atom is -0.506 e. The van der Waals surface area contributed by atoms with Crippen molar-refractivity contribution in [2.45, 2.75) is 29.3 Å². The van der Waals surface area contributed by atoms with E-state index in [1.165, 1.54) is 23.1 Å². The van der Waals surface area contributed by atoms with E-state index in [2.05, 4.69) is 9.72 Å². The second-order valence-corrected chi connectivity index (χ2v) is 9.83. The molecular weight excluding hydrogens is 461 g/mol. The number of phenolic OH excluding ortho intramolecular Hbond substituents is 1. The zero-order chi connectivity index (χ0) is 23.8. The number of alkyl halides is 3. The Balaban J connectivity index is 1.47. The Kier molecular flexibility index (Phi) is 5.91. The Labute approximate surface area is 187 Å². The number of piperidine rings is 1. The maximum absolute atomic E-state index is 13.0. The molecule has 2 aromatic carbocycles. The van der Waals surface area contributed by atoms with Gasteiger partial charge in [-0.1, -0.05) is 24.3 Å². The summed E-state index contributed by atoms with van der Waals surface area (Å²) in [5.74, 6) is -1.05. The average Bonchev–Trinajstić information content (AvgIpc) is 2.78. The minimum absolute atomic E-state index is 0.0521. The number of likely N-dealkylation sites (tertiary alicyclic amines) is 1. The summed E-state index contributed by atoms with van der Waals surface area (Å²) in [6.45, 7) is 0.282. The molecule has 7 nitrogen and oxygen atoms in total. The number of phenols is 1. The second kappa shape index (κ2) is 8.54. The Morgan fingerprint density at radius 1 is 1.06 bits per heavy atom. The molecule has 0 saturated carbocycles. The summed E-state index contributed by atoms with van der Waals surface area (Å²) in [5.41, 5.74) is 0.420. The SMILES string of the molecule is O=C(c1ccc2cccc(O)c2n1)N1CCC(S(=O)(=O)c2cccc(OC(F)(F)F)c2)CC1. The highest BCUT2D eigenvalue weighted by molar-refractivity contribution is 7.92. The zero-order valence-corrected chi connectivity index (χ0v) is 17.9. The monoisotopic (exact) mass is 480 g/mol. The van der Waals surface area contributed by atoms with Crippen molar-refractivity contribution < 1.29 is 36.2 Å². The molecule has 1 amide bonds. The van der Waals surface area contributed by atoms with Crippen LogP contribution in [0.5, 0.6) is 11.5 Å². The lowest BCUT2D eigenvalue weighted by atomic mass is 10.1. The molecule has 1 saturated heterocycles. The number of sulfone groups is 1. The fourth-order valence-electron chi connectivity index (χ4n) is 3.82. The first-order valence-electron chi connectivity index (χ1n) is 10.0. The van der Waals surface area contributed by atoms with E-state index < -0.39 is 33.1 Å². The quantitative estimate of drug-likeness (QED) is 0.608. The van der Waals surface area contributed by atoms with Crippen molar-refractivity contribution in [2.24, 2.45) is 0 Å². The standard InChI is InChI=1S/C22H19F3N2O5S/c23-22(24,25)32-15-4-2-5-17(13-15)33(30,31)16-9-11-27(12-10-16)21(29)18-8-7-14-3-1-6-19(28)20(14)26-18/h1-8,13,16,28H,9-12H2. The number of aromatic hydroxyl groups is 1. The fraction of sp³-hybridized carbons (Fsp3) is 0.273. The number of fused-ring (bicyclic) bond motifs is 1. The summed E-state index contributed by atoms with van der Waals surface area (Å²) < 4.78 is 67.1. The van der Waals surface area contributed by atoms with Gasteiger partial charge in [0.1, 0.15) is 22.7 Å². The first-order chi connectivity index (χ1) is 15.5. The van der Waals surface area contributed by atoms with Crippen molar-refractivity contribution >= 4 is 26.6 Å². The Hall–Kier alpha value is -3.34. The maximum Gasteiger partial charge on any atom is 0.573 e. The molecule has 0 atom stereocenters. The molecule has 4 rings (SSSR count). The number of amides is 1. The lowest BCUT2D eigenvalue weighted by Gasteiger charge is -2.31. The molecule has 1 aliphatic rings. The number of hydrogen-bond acceptors (Lipinski definition) is 6. The van der Waals surface area contributed by atoms with Crippen LogP contribution < -0.4 is 4.74 Å². The van der Waals surface area contributed by atoms with E-state index in [4.69, 9.17) is 0 Å².